The molecule has 1 aromatic rings. The number of guanidine groups is 1. The molecule has 132 valence electrons. The number of nitrogens with one attached hydrogen (secondary N) is 1. The molecule has 7 heteroatoms. The molecule has 2 fully saturated rings. The van der Waals surface area contributed by atoms with Crippen molar-refractivity contribution < 1.29 is 9.18 Å². The number of hydrogen-bond acceptors (Lipinski definition) is 3. The maximum atomic E-state index is 13.9. The first kappa shape index (κ1) is 17.2. The zero-order chi connectivity index (χ0) is 17.8. The third-order valence-electron chi connectivity index (χ3n) is 4.45. The van der Waals surface area contributed by atoms with Crippen molar-refractivity contribution in [2.75, 3.05) is 26.2 Å². The average Bonchev–Trinajstić information content (AvgIpc) is 3.44. The number of carbonyl (C=O) groups is 1. The highest BCUT2D eigenvalue weighted by Crippen LogP contribution is 2.28. The minimum absolute atomic E-state index is 0.122. The number of halogens is 1. The van der Waals surface area contributed by atoms with Crippen LogP contribution >= 0.6 is 0 Å². The Morgan fingerprint density at radius 2 is 2.24 bits per heavy atom. The molecule has 0 aromatic heterocycles. The van der Waals surface area contributed by atoms with Crippen LogP contribution in [0.25, 0.3) is 0 Å². The van der Waals surface area contributed by atoms with Gasteiger partial charge in [-0.1, -0.05) is 0 Å². The van der Waals surface area contributed by atoms with Gasteiger partial charge in [0.05, 0.1) is 24.7 Å². The zero-order valence-electron chi connectivity index (χ0n) is 14.3. The number of nitrogens with zero attached hydrogens (tertiary/aromatic N) is 4. The predicted octanol–water partition coefficient (Wildman–Crippen LogP) is 1.47. The van der Waals surface area contributed by atoms with Crippen LogP contribution < -0.4 is 5.32 Å². The van der Waals surface area contributed by atoms with E-state index >= 15 is 0 Å². The summed E-state index contributed by atoms with van der Waals surface area (Å²) < 4.78 is 13.9. The molecule has 0 atom stereocenters. The van der Waals surface area contributed by atoms with Crippen LogP contribution in [-0.2, 0) is 11.3 Å². The van der Waals surface area contributed by atoms with Gasteiger partial charge in [0, 0.05) is 31.2 Å². The van der Waals surface area contributed by atoms with Crippen LogP contribution in [0.4, 0.5) is 4.39 Å². The fourth-order valence-corrected chi connectivity index (χ4v) is 2.99. The summed E-state index contributed by atoms with van der Waals surface area (Å²) in [6.07, 6.45) is 2.21. The van der Waals surface area contributed by atoms with Gasteiger partial charge in [-0.15, -0.1) is 0 Å². The Balaban J connectivity index is 1.71. The molecule has 2 aliphatic rings. The molecule has 0 radical (unpaired) electrons. The molecular formula is C18H22FN5O. The first-order chi connectivity index (χ1) is 12.1. The molecule has 3 rings (SSSR count). The van der Waals surface area contributed by atoms with Gasteiger partial charge in [0.2, 0.25) is 5.91 Å². The number of benzene rings is 1. The molecule has 0 bridgehead atoms. The van der Waals surface area contributed by atoms with Gasteiger partial charge in [-0.3, -0.25) is 4.79 Å². The average molecular weight is 343 g/mol. The van der Waals surface area contributed by atoms with Crippen LogP contribution in [0.3, 0.4) is 0 Å². The topological polar surface area (TPSA) is 71.7 Å². The second kappa shape index (κ2) is 7.51. The summed E-state index contributed by atoms with van der Waals surface area (Å²) in [7, 11) is 0. The molecule has 1 aromatic carbocycles. The molecule has 1 N–H and O–H groups in total. The van der Waals surface area contributed by atoms with Gasteiger partial charge < -0.3 is 15.1 Å². The van der Waals surface area contributed by atoms with Crippen molar-refractivity contribution in [3.05, 3.63) is 35.1 Å². The second-order valence-corrected chi connectivity index (χ2v) is 6.33. The first-order valence-corrected chi connectivity index (χ1v) is 8.63. The van der Waals surface area contributed by atoms with E-state index in [0.717, 1.165) is 19.4 Å². The van der Waals surface area contributed by atoms with E-state index in [9.17, 15) is 9.18 Å². The van der Waals surface area contributed by atoms with Gasteiger partial charge in [-0.25, -0.2) is 9.38 Å². The molecule has 1 saturated carbocycles. The van der Waals surface area contributed by atoms with Gasteiger partial charge in [0.15, 0.2) is 5.96 Å². The molecule has 1 amide bonds. The normalized spacial score (nSPS) is 18.3. The number of hydrogen-bond donors (Lipinski definition) is 1. The van der Waals surface area contributed by atoms with Gasteiger partial charge in [-0.2, -0.15) is 5.26 Å². The summed E-state index contributed by atoms with van der Waals surface area (Å²) in [4.78, 5) is 20.7. The number of nitriles is 1. The Bertz CT molecular complexity index is 723. The third kappa shape index (κ3) is 4.08. The maximum Gasteiger partial charge on any atom is 0.242 e. The highest BCUT2D eigenvalue weighted by atomic mass is 19.1. The summed E-state index contributed by atoms with van der Waals surface area (Å²) in [5.74, 6) is 0.346. The lowest BCUT2D eigenvalue weighted by atomic mass is 10.1. The van der Waals surface area contributed by atoms with E-state index in [1.54, 1.807) is 0 Å². The quantitative estimate of drug-likeness (QED) is 0.664. The van der Waals surface area contributed by atoms with Crippen LogP contribution in [0.15, 0.2) is 23.2 Å². The van der Waals surface area contributed by atoms with Crippen molar-refractivity contribution in [1.82, 2.24) is 15.1 Å². The van der Waals surface area contributed by atoms with Crippen molar-refractivity contribution >= 4 is 11.9 Å². The van der Waals surface area contributed by atoms with Gasteiger partial charge in [0.25, 0.3) is 0 Å². The molecule has 0 unspecified atom stereocenters. The molecule has 6 nitrogen and oxygen atoms in total. The summed E-state index contributed by atoms with van der Waals surface area (Å²) in [5.41, 5.74) is 0.780. The number of rotatable bonds is 4. The van der Waals surface area contributed by atoms with Crippen LogP contribution in [0.1, 0.15) is 30.9 Å². The number of aliphatic imine (C=N–C) groups is 1. The number of piperazine rings is 1. The molecule has 1 saturated heterocycles. The molecular weight excluding hydrogens is 321 g/mol. The fraction of sp³-hybridized carbons (Fsp3) is 0.500. The Hall–Kier alpha value is -2.62. The van der Waals surface area contributed by atoms with Crippen molar-refractivity contribution in [3.8, 4) is 6.07 Å². The predicted molar refractivity (Wildman–Crippen MR) is 92.2 cm³/mol. The second-order valence-electron chi connectivity index (χ2n) is 6.33. The van der Waals surface area contributed by atoms with E-state index in [1.807, 2.05) is 22.8 Å². The van der Waals surface area contributed by atoms with E-state index < -0.39 is 0 Å². The minimum atomic E-state index is -0.381. The SMILES string of the molecule is CCNC(=NCc1cc(C#N)ccc1F)N1CCN(C2CC2)C(=O)C1. The molecule has 25 heavy (non-hydrogen) atoms. The Morgan fingerprint density at radius 3 is 2.88 bits per heavy atom. The summed E-state index contributed by atoms with van der Waals surface area (Å²) in [6, 6.07) is 6.68. The third-order valence-corrected chi connectivity index (χ3v) is 4.45. The summed E-state index contributed by atoms with van der Waals surface area (Å²) in [6.45, 7) is 4.45. The molecule has 1 aliphatic carbocycles. The largest absolute Gasteiger partial charge is 0.356 e. The standard InChI is InChI=1S/C18H22FN5O/c1-2-21-18(22-11-14-9-13(10-20)3-6-16(14)19)23-7-8-24(15-4-5-15)17(25)12-23/h3,6,9,15H,2,4-5,7-8,11-12H2,1H3,(H,21,22). The lowest BCUT2D eigenvalue weighted by Crippen LogP contribution is -2.55. The van der Waals surface area contributed by atoms with E-state index in [-0.39, 0.29) is 18.3 Å². The summed E-state index contributed by atoms with van der Waals surface area (Å²) in [5, 5.41) is 12.1. The van der Waals surface area contributed by atoms with Crippen LogP contribution in [0.5, 0.6) is 0 Å². The molecule has 0 spiro atoms. The first-order valence-electron chi connectivity index (χ1n) is 8.63. The van der Waals surface area contributed by atoms with E-state index in [2.05, 4.69) is 10.3 Å². The monoisotopic (exact) mass is 343 g/mol. The summed E-state index contributed by atoms with van der Waals surface area (Å²) >= 11 is 0. The van der Waals surface area contributed by atoms with Crippen LogP contribution in [-0.4, -0.2) is 53.9 Å². The van der Waals surface area contributed by atoms with Crippen molar-refractivity contribution in [1.29, 1.82) is 5.26 Å². The number of amides is 1. The smallest absolute Gasteiger partial charge is 0.242 e. The van der Waals surface area contributed by atoms with E-state index in [0.29, 0.717) is 42.8 Å². The van der Waals surface area contributed by atoms with Crippen molar-refractivity contribution in [3.63, 3.8) is 0 Å². The van der Waals surface area contributed by atoms with Crippen molar-refractivity contribution in [2.45, 2.75) is 32.4 Å². The van der Waals surface area contributed by atoms with Crippen LogP contribution in [0, 0.1) is 17.1 Å². The highest BCUT2D eigenvalue weighted by Gasteiger charge is 2.36. The fourth-order valence-electron chi connectivity index (χ4n) is 2.99. The Kier molecular flexibility index (Phi) is 5.17. The van der Waals surface area contributed by atoms with Crippen LogP contribution in [0.2, 0.25) is 0 Å². The van der Waals surface area contributed by atoms with Gasteiger partial charge in [-0.05, 0) is 38.0 Å². The highest BCUT2D eigenvalue weighted by molar-refractivity contribution is 5.88. The number of carbonyl (C=O) groups excluding carboxylic acids is 1. The Morgan fingerprint density at radius 1 is 1.44 bits per heavy atom. The lowest BCUT2D eigenvalue weighted by molar-refractivity contribution is -0.135. The van der Waals surface area contributed by atoms with Crippen molar-refractivity contribution in [2.24, 2.45) is 4.99 Å². The van der Waals surface area contributed by atoms with Gasteiger partial charge in [0.1, 0.15) is 5.82 Å². The maximum absolute atomic E-state index is 13.9. The molecule has 1 aliphatic heterocycles. The lowest BCUT2D eigenvalue weighted by Gasteiger charge is -2.36. The zero-order valence-corrected chi connectivity index (χ0v) is 14.3. The van der Waals surface area contributed by atoms with E-state index in [1.165, 1.54) is 18.2 Å². The minimum Gasteiger partial charge on any atom is -0.356 e. The molecule has 1 heterocycles. The van der Waals surface area contributed by atoms with E-state index in [4.69, 9.17) is 5.26 Å². The Labute approximate surface area is 146 Å². The van der Waals surface area contributed by atoms with Gasteiger partial charge >= 0.3 is 0 Å².